The highest BCUT2D eigenvalue weighted by molar-refractivity contribution is 6.09. The van der Waals surface area contributed by atoms with Gasteiger partial charge in [0, 0.05) is 11.6 Å². The third-order valence-electron chi connectivity index (χ3n) is 4.92. The van der Waals surface area contributed by atoms with E-state index in [4.69, 9.17) is 4.74 Å². The molecule has 1 saturated carbocycles. The van der Waals surface area contributed by atoms with Crippen molar-refractivity contribution in [2.75, 3.05) is 5.32 Å². The standard InChI is InChI=1S/C25H24N2O3/c1-17-6-4-7-18(14-17)16-30-21-9-5-8-19(15-21)24(28)27-23-11-3-2-10-22(23)25(29)26-20-12-13-20/h2-11,14-15,20H,12-13,16H2,1H3,(H,26,29)(H,27,28). The molecule has 152 valence electrons. The summed E-state index contributed by atoms with van der Waals surface area (Å²) in [6.45, 7) is 2.47. The lowest BCUT2D eigenvalue weighted by atomic mass is 10.1. The molecule has 4 rings (SSSR count). The zero-order valence-corrected chi connectivity index (χ0v) is 16.9. The van der Waals surface area contributed by atoms with Crippen LogP contribution in [-0.4, -0.2) is 17.9 Å². The number of carbonyl (C=O) groups excluding carboxylic acids is 2. The topological polar surface area (TPSA) is 67.4 Å². The van der Waals surface area contributed by atoms with Gasteiger partial charge in [-0.1, -0.05) is 48.0 Å². The largest absolute Gasteiger partial charge is 0.489 e. The summed E-state index contributed by atoms with van der Waals surface area (Å²) < 4.78 is 5.86. The van der Waals surface area contributed by atoms with Crippen molar-refractivity contribution in [2.24, 2.45) is 0 Å². The Kier molecular flexibility index (Phi) is 5.80. The van der Waals surface area contributed by atoms with E-state index in [-0.39, 0.29) is 17.9 Å². The number of anilines is 1. The van der Waals surface area contributed by atoms with E-state index >= 15 is 0 Å². The van der Waals surface area contributed by atoms with Crippen molar-refractivity contribution in [1.82, 2.24) is 5.32 Å². The van der Waals surface area contributed by atoms with Crippen molar-refractivity contribution in [3.8, 4) is 5.75 Å². The molecule has 1 fully saturated rings. The fourth-order valence-electron chi connectivity index (χ4n) is 3.17. The van der Waals surface area contributed by atoms with Gasteiger partial charge in [0.15, 0.2) is 0 Å². The number of benzene rings is 3. The molecule has 1 aliphatic carbocycles. The predicted molar refractivity (Wildman–Crippen MR) is 117 cm³/mol. The summed E-state index contributed by atoms with van der Waals surface area (Å²) in [4.78, 5) is 25.2. The molecule has 0 radical (unpaired) electrons. The monoisotopic (exact) mass is 400 g/mol. The Labute approximate surface area is 176 Å². The third kappa shape index (κ3) is 5.06. The van der Waals surface area contributed by atoms with Crippen LogP contribution in [0.4, 0.5) is 5.69 Å². The van der Waals surface area contributed by atoms with Gasteiger partial charge in [0.25, 0.3) is 11.8 Å². The van der Waals surface area contributed by atoms with E-state index in [0.717, 1.165) is 18.4 Å². The van der Waals surface area contributed by atoms with Crippen LogP contribution in [-0.2, 0) is 6.61 Å². The van der Waals surface area contributed by atoms with E-state index in [1.165, 1.54) is 5.56 Å². The van der Waals surface area contributed by atoms with E-state index < -0.39 is 0 Å². The van der Waals surface area contributed by atoms with Crippen molar-refractivity contribution in [1.29, 1.82) is 0 Å². The second-order valence-corrected chi connectivity index (χ2v) is 7.55. The summed E-state index contributed by atoms with van der Waals surface area (Å²) in [7, 11) is 0. The van der Waals surface area contributed by atoms with E-state index in [2.05, 4.69) is 16.7 Å². The van der Waals surface area contributed by atoms with Crippen LogP contribution in [0.1, 0.15) is 44.7 Å². The molecule has 0 bridgehead atoms. The maximum atomic E-state index is 12.8. The molecule has 0 aromatic heterocycles. The average molecular weight is 400 g/mol. The number of hydrogen-bond donors (Lipinski definition) is 2. The first kappa shape index (κ1) is 19.7. The summed E-state index contributed by atoms with van der Waals surface area (Å²) in [5.41, 5.74) is 3.67. The Bertz CT molecular complexity index is 1070. The van der Waals surface area contributed by atoms with Crippen LogP contribution in [0, 0.1) is 6.92 Å². The van der Waals surface area contributed by atoms with Gasteiger partial charge in [0.05, 0.1) is 11.3 Å². The smallest absolute Gasteiger partial charge is 0.255 e. The first-order valence-corrected chi connectivity index (χ1v) is 10.1. The molecule has 2 amide bonds. The van der Waals surface area contributed by atoms with Crippen LogP contribution in [0.2, 0.25) is 0 Å². The molecule has 0 aliphatic heterocycles. The number of amides is 2. The Morgan fingerprint density at radius 2 is 1.73 bits per heavy atom. The van der Waals surface area contributed by atoms with Crippen molar-refractivity contribution < 1.29 is 14.3 Å². The number of rotatable bonds is 7. The highest BCUT2D eigenvalue weighted by Crippen LogP contribution is 2.22. The Morgan fingerprint density at radius 1 is 0.933 bits per heavy atom. The molecule has 0 atom stereocenters. The molecular weight excluding hydrogens is 376 g/mol. The Balaban J connectivity index is 1.44. The zero-order chi connectivity index (χ0) is 20.9. The van der Waals surface area contributed by atoms with Crippen LogP contribution in [0.25, 0.3) is 0 Å². The fourth-order valence-corrected chi connectivity index (χ4v) is 3.17. The van der Waals surface area contributed by atoms with Crippen LogP contribution >= 0.6 is 0 Å². The molecule has 30 heavy (non-hydrogen) atoms. The molecule has 1 aliphatic rings. The van der Waals surface area contributed by atoms with Gasteiger partial charge in [-0.05, 0) is 55.7 Å². The fraction of sp³-hybridized carbons (Fsp3) is 0.200. The highest BCUT2D eigenvalue weighted by atomic mass is 16.5. The predicted octanol–water partition coefficient (Wildman–Crippen LogP) is 4.72. The summed E-state index contributed by atoms with van der Waals surface area (Å²) in [6.07, 6.45) is 2.02. The highest BCUT2D eigenvalue weighted by Gasteiger charge is 2.25. The van der Waals surface area contributed by atoms with Gasteiger partial charge in [0.1, 0.15) is 12.4 Å². The summed E-state index contributed by atoms with van der Waals surface area (Å²) in [5, 5.41) is 5.81. The lowest BCUT2D eigenvalue weighted by Gasteiger charge is -2.12. The minimum Gasteiger partial charge on any atom is -0.489 e. The molecular formula is C25H24N2O3. The number of ether oxygens (including phenoxy) is 1. The molecule has 2 N–H and O–H groups in total. The normalized spacial score (nSPS) is 12.8. The Morgan fingerprint density at radius 3 is 2.53 bits per heavy atom. The zero-order valence-electron chi connectivity index (χ0n) is 16.9. The lowest BCUT2D eigenvalue weighted by molar-refractivity contribution is 0.0952. The van der Waals surface area contributed by atoms with Gasteiger partial charge in [-0.2, -0.15) is 0 Å². The lowest BCUT2D eigenvalue weighted by Crippen LogP contribution is -2.27. The van der Waals surface area contributed by atoms with E-state index in [0.29, 0.717) is 29.2 Å². The molecule has 5 heteroatoms. The molecule has 0 saturated heterocycles. The SMILES string of the molecule is Cc1cccc(COc2cccc(C(=O)Nc3ccccc3C(=O)NC3CC3)c2)c1. The molecule has 0 spiro atoms. The van der Waals surface area contributed by atoms with Gasteiger partial charge in [-0.15, -0.1) is 0 Å². The van der Waals surface area contributed by atoms with Crippen LogP contribution in [0.3, 0.4) is 0 Å². The van der Waals surface area contributed by atoms with E-state index in [9.17, 15) is 9.59 Å². The second-order valence-electron chi connectivity index (χ2n) is 7.55. The maximum Gasteiger partial charge on any atom is 0.255 e. The second kappa shape index (κ2) is 8.82. The number of para-hydroxylation sites is 1. The maximum absolute atomic E-state index is 12.8. The quantitative estimate of drug-likeness (QED) is 0.603. The van der Waals surface area contributed by atoms with Crippen molar-refractivity contribution in [3.63, 3.8) is 0 Å². The Hall–Kier alpha value is -3.60. The van der Waals surface area contributed by atoms with E-state index in [1.54, 1.807) is 42.5 Å². The number of hydrogen-bond acceptors (Lipinski definition) is 3. The molecule has 0 unspecified atom stereocenters. The van der Waals surface area contributed by atoms with Gasteiger partial charge in [-0.3, -0.25) is 9.59 Å². The van der Waals surface area contributed by atoms with Gasteiger partial charge in [-0.25, -0.2) is 0 Å². The first-order chi connectivity index (χ1) is 14.6. The average Bonchev–Trinajstić information content (AvgIpc) is 3.57. The third-order valence-corrected chi connectivity index (χ3v) is 4.92. The van der Waals surface area contributed by atoms with Crippen LogP contribution < -0.4 is 15.4 Å². The minimum absolute atomic E-state index is 0.163. The first-order valence-electron chi connectivity index (χ1n) is 10.1. The molecule has 3 aromatic carbocycles. The van der Waals surface area contributed by atoms with Gasteiger partial charge in [0.2, 0.25) is 0 Å². The van der Waals surface area contributed by atoms with Gasteiger partial charge < -0.3 is 15.4 Å². The molecule has 0 heterocycles. The number of aryl methyl sites for hydroxylation is 1. The number of nitrogens with one attached hydrogen (secondary N) is 2. The number of carbonyl (C=O) groups is 2. The summed E-state index contributed by atoms with van der Waals surface area (Å²) in [6, 6.07) is 22.4. The van der Waals surface area contributed by atoms with Crippen molar-refractivity contribution in [3.05, 3.63) is 95.1 Å². The van der Waals surface area contributed by atoms with Crippen LogP contribution in [0.15, 0.2) is 72.8 Å². The van der Waals surface area contributed by atoms with Crippen LogP contribution in [0.5, 0.6) is 5.75 Å². The molecule has 5 nitrogen and oxygen atoms in total. The van der Waals surface area contributed by atoms with Gasteiger partial charge >= 0.3 is 0 Å². The summed E-state index contributed by atoms with van der Waals surface area (Å²) >= 11 is 0. The van der Waals surface area contributed by atoms with Crippen molar-refractivity contribution >= 4 is 17.5 Å². The van der Waals surface area contributed by atoms with E-state index in [1.807, 2.05) is 31.2 Å². The molecule has 3 aromatic rings. The van der Waals surface area contributed by atoms with Crippen molar-refractivity contribution in [2.45, 2.75) is 32.4 Å². The summed E-state index contributed by atoms with van der Waals surface area (Å²) in [5.74, 6) is 0.162. The minimum atomic E-state index is -0.289.